The molecule has 0 bridgehead atoms. The molecule has 120 valence electrons. The molecule has 1 amide bonds. The van der Waals surface area contributed by atoms with Crippen molar-refractivity contribution in [1.82, 2.24) is 14.9 Å². The summed E-state index contributed by atoms with van der Waals surface area (Å²) in [5.74, 6) is 1.06. The molecule has 6 nitrogen and oxygen atoms in total. The van der Waals surface area contributed by atoms with Crippen LogP contribution >= 0.6 is 0 Å². The first kappa shape index (κ1) is 15.2. The third kappa shape index (κ3) is 3.06. The Balaban J connectivity index is 1.71. The predicted molar refractivity (Wildman–Crippen MR) is 83.9 cm³/mol. The minimum absolute atomic E-state index is 0.132. The van der Waals surface area contributed by atoms with E-state index in [1.165, 1.54) is 6.42 Å². The second kappa shape index (κ2) is 6.60. The van der Waals surface area contributed by atoms with Crippen LogP contribution in [0, 0.1) is 13.8 Å². The number of aromatic nitrogens is 2. The van der Waals surface area contributed by atoms with Gasteiger partial charge in [0, 0.05) is 30.9 Å². The van der Waals surface area contributed by atoms with Crippen LogP contribution in [0.2, 0.25) is 0 Å². The second-order valence-electron chi connectivity index (χ2n) is 6.10. The zero-order valence-electron chi connectivity index (χ0n) is 13.4. The summed E-state index contributed by atoms with van der Waals surface area (Å²) >= 11 is 0. The average molecular weight is 304 g/mol. The van der Waals surface area contributed by atoms with Crippen molar-refractivity contribution in [3.8, 4) is 0 Å². The summed E-state index contributed by atoms with van der Waals surface area (Å²) in [6, 6.07) is 0. The second-order valence-corrected chi connectivity index (χ2v) is 6.10. The van der Waals surface area contributed by atoms with Gasteiger partial charge < -0.3 is 14.5 Å². The molecule has 1 atom stereocenters. The molecule has 1 unspecified atom stereocenters. The average Bonchev–Trinajstić information content (AvgIpc) is 2.57. The highest BCUT2D eigenvalue weighted by Crippen LogP contribution is 2.22. The quantitative estimate of drug-likeness (QED) is 0.824. The summed E-state index contributed by atoms with van der Waals surface area (Å²) in [5, 5.41) is 0. The lowest BCUT2D eigenvalue weighted by molar-refractivity contribution is -0.145. The number of hydrogen-bond acceptors (Lipinski definition) is 5. The SMILES string of the molecule is Cc1ncnc(N2CCOC(C(=O)N3CCCCC3)C2)c1C. The van der Waals surface area contributed by atoms with E-state index in [2.05, 4.69) is 14.9 Å². The molecular weight excluding hydrogens is 280 g/mol. The highest BCUT2D eigenvalue weighted by molar-refractivity contribution is 5.82. The number of anilines is 1. The van der Waals surface area contributed by atoms with Gasteiger partial charge in [0.2, 0.25) is 0 Å². The van der Waals surface area contributed by atoms with Crippen molar-refractivity contribution in [2.24, 2.45) is 0 Å². The van der Waals surface area contributed by atoms with Crippen LogP contribution in [-0.4, -0.2) is 59.7 Å². The zero-order chi connectivity index (χ0) is 15.5. The van der Waals surface area contributed by atoms with Crippen LogP contribution in [0.1, 0.15) is 30.5 Å². The van der Waals surface area contributed by atoms with E-state index in [9.17, 15) is 4.79 Å². The number of nitrogens with zero attached hydrogens (tertiary/aromatic N) is 4. The van der Waals surface area contributed by atoms with Gasteiger partial charge in [-0.2, -0.15) is 0 Å². The van der Waals surface area contributed by atoms with Gasteiger partial charge in [0.1, 0.15) is 12.1 Å². The van der Waals surface area contributed by atoms with E-state index in [1.807, 2.05) is 18.7 Å². The van der Waals surface area contributed by atoms with Gasteiger partial charge >= 0.3 is 0 Å². The van der Waals surface area contributed by atoms with Crippen LogP contribution in [0.5, 0.6) is 0 Å². The Bertz CT molecular complexity index is 543. The molecule has 2 fully saturated rings. The molecule has 22 heavy (non-hydrogen) atoms. The fraction of sp³-hybridized carbons (Fsp3) is 0.688. The number of aryl methyl sites for hydroxylation is 1. The fourth-order valence-electron chi connectivity index (χ4n) is 3.15. The van der Waals surface area contributed by atoms with E-state index >= 15 is 0 Å². The van der Waals surface area contributed by atoms with Crippen molar-refractivity contribution < 1.29 is 9.53 Å². The maximum atomic E-state index is 12.6. The highest BCUT2D eigenvalue weighted by atomic mass is 16.5. The molecule has 0 aromatic carbocycles. The number of amides is 1. The molecule has 0 radical (unpaired) electrons. The van der Waals surface area contributed by atoms with Crippen molar-refractivity contribution in [3.05, 3.63) is 17.6 Å². The van der Waals surface area contributed by atoms with Crippen molar-refractivity contribution >= 4 is 11.7 Å². The lowest BCUT2D eigenvalue weighted by Gasteiger charge is -2.37. The number of piperidine rings is 1. The van der Waals surface area contributed by atoms with Crippen LogP contribution in [-0.2, 0) is 9.53 Å². The van der Waals surface area contributed by atoms with Gasteiger partial charge in [-0.05, 0) is 33.1 Å². The molecule has 2 saturated heterocycles. The van der Waals surface area contributed by atoms with E-state index in [0.717, 1.165) is 49.6 Å². The van der Waals surface area contributed by atoms with Gasteiger partial charge in [-0.25, -0.2) is 9.97 Å². The Morgan fingerprint density at radius 1 is 1.18 bits per heavy atom. The van der Waals surface area contributed by atoms with Crippen molar-refractivity contribution in [2.75, 3.05) is 37.7 Å². The van der Waals surface area contributed by atoms with Crippen LogP contribution in [0.15, 0.2) is 6.33 Å². The Morgan fingerprint density at radius 3 is 2.73 bits per heavy atom. The van der Waals surface area contributed by atoms with E-state index in [0.29, 0.717) is 13.2 Å². The molecule has 0 saturated carbocycles. The Kier molecular flexibility index (Phi) is 4.57. The monoisotopic (exact) mass is 304 g/mol. The Hall–Kier alpha value is -1.69. The molecule has 3 heterocycles. The number of rotatable bonds is 2. The number of likely N-dealkylation sites (tertiary alicyclic amines) is 1. The summed E-state index contributed by atoms with van der Waals surface area (Å²) in [7, 11) is 0. The van der Waals surface area contributed by atoms with Gasteiger partial charge in [0.05, 0.1) is 13.2 Å². The molecular formula is C16H24N4O2. The summed E-state index contributed by atoms with van der Waals surface area (Å²) in [6.07, 6.45) is 4.65. The van der Waals surface area contributed by atoms with E-state index in [1.54, 1.807) is 6.33 Å². The maximum absolute atomic E-state index is 12.6. The molecule has 6 heteroatoms. The normalized spacial score (nSPS) is 22.7. The van der Waals surface area contributed by atoms with Gasteiger partial charge in [-0.1, -0.05) is 0 Å². The maximum Gasteiger partial charge on any atom is 0.253 e. The van der Waals surface area contributed by atoms with Crippen LogP contribution in [0.25, 0.3) is 0 Å². The summed E-state index contributed by atoms with van der Waals surface area (Å²) < 4.78 is 5.74. The molecule has 0 N–H and O–H groups in total. The van der Waals surface area contributed by atoms with Crippen molar-refractivity contribution in [3.63, 3.8) is 0 Å². The van der Waals surface area contributed by atoms with E-state index in [-0.39, 0.29) is 12.0 Å². The smallest absolute Gasteiger partial charge is 0.253 e. The topological polar surface area (TPSA) is 58.6 Å². The molecule has 2 aliphatic heterocycles. The van der Waals surface area contributed by atoms with Gasteiger partial charge in [0.15, 0.2) is 6.10 Å². The Labute approximate surface area is 131 Å². The lowest BCUT2D eigenvalue weighted by atomic mass is 10.1. The molecule has 2 aliphatic rings. The molecule has 0 spiro atoms. The summed E-state index contributed by atoms with van der Waals surface area (Å²) in [4.78, 5) is 25.4. The number of carbonyl (C=O) groups is 1. The largest absolute Gasteiger partial charge is 0.365 e. The molecule has 0 aliphatic carbocycles. The highest BCUT2D eigenvalue weighted by Gasteiger charge is 2.31. The third-order valence-electron chi connectivity index (χ3n) is 4.62. The zero-order valence-corrected chi connectivity index (χ0v) is 13.4. The van der Waals surface area contributed by atoms with Crippen molar-refractivity contribution in [2.45, 2.75) is 39.2 Å². The summed E-state index contributed by atoms with van der Waals surface area (Å²) in [5.41, 5.74) is 2.06. The van der Waals surface area contributed by atoms with Gasteiger partial charge in [0.25, 0.3) is 5.91 Å². The number of morpholine rings is 1. The van der Waals surface area contributed by atoms with Gasteiger partial charge in [-0.15, -0.1) is 0 Å². The van der Waals surface area contributed by atoms with Crippen LogP contribution < -0.4 is 4.90 Å². The Morgan fingerprint density at radius 2 is 1.95 bits per heavy atom. The standard InChI is InChI=1S/C16H24N4O2/c1-12-13(2)17-11-18-15(12)20-8-9-22-14(10-20)16(21)19-6-4-3-5-7-19/h11,14H,3-10H2,1-2H3. The molecule has 1 aromatic heterocycles. The van der Waals surface area contributed by atoms with Crippen LogP contribution in [0.3, 0.4) is 0 Å². The van der Waals surface area contributed by atoms with Crippen molar-refractivity contribution in [1.29, 1.82) is 0 Å². The first-order valence-electron chi connectivity index (χ1n) is 8.10. The molecule has 1 aromatic rings. The lowest BCUT2D eigenvalue weighted by Crippen LogP contribution is -2.52. The number of carbonyl (C=O) groups excluding carboxylic acids is 1. The number of hydrogen-bond donors (Lipinski definition) is 0. The first-order valence-corrected chi connectivity index (χ1v) is 8.10. The third-order valence-corrected chi connectivity index (χ3v) is 4.62. The van der Waals surface area contributed by atoms with E-state index < -0.39 is 0 Å². The first-order chi connectivity index (χ1) is 10.7. The number of ether oxygens (including phenoxy) is 1. The van der Waals surface area contributed by atoms with Gasteiger partial charge in [-0.3, -0.25) is 4.79 Å². The van der Waals surface area contributed by atoms with Crippen LogP contribution in [0.4, 0.5) is 5.82 Å². The fourth-order valence-corrected chi connectivity index (χ4v) is 3.15. The molecule has 3 rings (SSSR count). The predicted octanol–water partition coefficient (Wildman–Crippen LogP) is 1.31. The van der Waals surface area contributed by atoms with E-state index in [4.69, 9.17) is 4.74 Å². The minimum Gasteiger partial charge on any atom is -0.365 e. The summed E-state index contributed by atoms with van der Waals surface area (Å²) in [6.45, 7) is 7.65. The minimum atomic E-state index is -0.374.